The fourth-order valence-electron chi connectivity index (χ4n) is 0.368. The van der Waals surface area contributed by atoms with Gasteiger partial charge in [0.1, 0.15) is 6.04 Å². The maximum absolute atomic E-state index is 10.1. The Bertz CT molecular complexity index is 107. The predicted molar refractivity (Wildman–Crippen MR) is 51.8 cm³/mol. The van der Waals surface area contributed by atoms with Gasteiger partial charge in [0.05, 0.1) is 0 Å². The van der Waals surface area contributed by atoms with Gasteiger partial charge in [-0.3, -0.25) is 4.79 Å². The van der Waals surface area contributed by atoms with E-state index in [2.05, 4.69) is 5.90 Å². The van der Waals surface area contributed by atoms with Crippen molar-refractivity contribution in [3.63, 3.8) is 0 Å². The topological polar surface area (TPSA) is 110 Å². The number of aliphatic carboxylic acids is 1. The van der Waals surface area contributed by atoms with Crippen LogP contribution in [0.15, 0.2) is 0 Å². The van der Waals surface area contributed by atoms with Crippen molar-refractivity contribution >= 4 is 30.1 Å². The third kappa shape index (κ3) is 12.6. The summed E-state index contributed by atoms with van der Waals surface area (Å²) in [6.07, 6.45) is 2.48. The highest BCUT2D eigenvalue weighted by Crippen LogP contribution is 1.97. The fourth-order valence-corrected chi connectivity index (χ4v) is 0.858. The van der Waals surface area contributed by atoms with Gasteiger partial charge in [-0.25, -0.2) is 5.90 Å². The zero-order valence-corrected chi connectivity index (χ0v) is 8.40. The van der Waals surface area contributed by atoms with Gasteiger partial charge in [0.25, 0.3) is 0 Å². The lowest BCUT2D eigenvalue weighted by Crippen LogP contribution is -2.30. The summed E-state index contributed by atoms with van der Waals surface area (Å²) in [7, 11) is 0. The molecule has 0 aliphatic heterocycles. The van der Waals surface area contributed by atoms with Crippen molar-refractivity contribution in [2.75, 3.05) is 12.0 Å². The number of halogens is 1. The van der Waals surface area contributed by atoms with E-state index in [0.29, 0.717) is 6.42 Å². The van der Waals surface area contributed by atoms with Gasteiger partial charge < -0.3 is 16.0 Å². The normalized spacial score (nSPS) is 10.3. The SMILES string of the molecule is CSCCC(N)C(=O)O.Cl.NO. The molecule has 0 bridgehead atoms. The molecule has 1 atom stereocenters. The quantitative estimate of drug-likeness (QED) is 0.491. The number of carboxylic acids is 1. The lowest BCUT2D eigenvalue weighted by atomic mass is 10.2. The minimum absolute atomic E-state index is 0. The summed E-state index contributed by atoms with van der Waals surface area (Å²) in [5.74, 6) is 3.40. The Kier molecular flexibility index (Phi) is 20.3. The van der Waals surface area contributed by atoms with Gasteiger partial charge in [0.15, 0.2) is 0 Å². The Hall–Kier alpha value is -0.0100. The minimum atomic E-state index is -0.913. The van der Waals surface area contributed by atoms with Crippen molar-refractivity contribution < 1.29 is 15.1 Å². The number of hydrogen-bond acceptors (Lipinski definition) is 5. The van der Waals surface area contributed by atoms with Gasteiger partial charge >= 0.3 is 5.97 Å². The number of thioether (sulfide) groups is 1. The van der Waals surface area contributed by atoms with Crippen molar-refractivity contribution in [2.24, 2.45) is 11.6 Å². The van der Waals surface area contributed by atoms with E-state index >= 15 is 0 Å². The van der Waals surface area contributed by atoms with Crippen molar-refractivity contribution in [1.29, 1.82) is 0 Å². The van der Waals surface area contributed by atoms with Gasteiger partial charge in [-0.05, 0) is 18.4 Å². The number of rotatable bonds is 4. The molecule has 7 heteroatoms. The maximum Gasteiger partial charge on any atom is 0.320 e. The summed E-state index contributed by atoms with van der Waals surface area (Å²) in [6.45, 7) is 0. The third-order valence-corrected chi connectivity index (χ3v) is 1.59. The molecule has 0 aliphatic rings. The third-order valence-electron chi connectivity index (χ3n) is 0.950. The Morgan fingerprint density at radius 3 is 2.25 bits per heavy atom. The average molecular weight is 219 g/mol. The number of hydrogen-bond donors (Lipinski definition) is 4. The second kappa shape index (κ2) is 13.6. The van der Waals surface area contributed by atoms with Crippen molar-refractivity contribution in [2.45, 2.75) is 12.5 Å². The Morgan fingerprint density at radius 2 is 2.00 bits per heavy atom. The van der Waals surface area contributed by atoms with E-state index in [-0.39, 0.29) is 12.4 Å². The van der Waals surface area contributed by atoms with Crippen LogP contribution in [0.4, 0.5) is 0 Å². The molecule has 0 aromatic rings. The Balaban J connectivity index is -0.000000249. The first-order valence-electron chi connectivity index (χ1n) is 2.91. The van der Waals surface area contributed by atoms with Crippen LogP contribution in [0.2, 0.25) is 0 Å². The summed E-state index contributed by atoms with van der Waals surface area (Å²) in [5.41, 5.74) is 5.19. The molecule has 5 nitrogen and oxygen atoms in total. The van der Waals surface area contributed by atoms with Gasteiger partial charge in [-0.15, -0.1) is 12.4 Å². The molecule has 0 rings (SSSR count). The summed E-state index contributed by atoms with van der Waals surface area (Å²) in [6, 6.07) is -0.683. The van der Waals surface area contributed by atoms with E-state index in [4.69, 9.17) is 16.0 Å². The zero-order valence-electron chi connectivity index (χ0n) is 6.77. The molecule has 0 aromatic carbocycles. The van der Waals surface area contributed by atoms with E-state index in [1.54, 1.807) is 11.8 Å². The highest BCUT2D eigenvalue weighted by molar-refractivity contribution is 7.98. The summed E-state index contributed by atoms with van der Waals surface area (Å²) in [5, 5.41) is 14.8. The second-order valence-corrected chi connectivity index (χ2v) is 2.71. The molecule has 0 saturated heterocycles. The Labute approximate surface area is 81.9 Å². The molecule has 0 amide bonds. The van der Waals surface area contributed by atoms with Crippen LogP contribution in [-0.2, 0) is 4.79 Å². The zero-order chi connectivity index (χ0) is 9.28. The van der Waals surface area contributed by atoms with Crippen LogP contribution < -0.4 is 11.6 Å². The lowest BCUT2D eigenvalue weighted by Gasteiger charge is -2.02. The predicted octanol–water partition coefficient (Wildman–Crippen LogP) is -0.0925. The number of carbonyl (C=O) groups is 1. The minimum Gasteiger partial charge on any atom is -0.480 e. The molecule has 0 saturated carbocycles. The highest BCUT2D eigenvalue weighted by atomic mass is 35.5. The molecule has 0 aliphatic carbocycles. The van der Waals surface area contributed by atoms with E-state index in [1.807, 2.05) is 6.26 Å². The second-order valence-electron chi connectivity index (χ2n) is 1.73. The molecule has 76 valence electrons. The first kappa shape index (κ1) is 17.9. The van der Waals surface area contributed by atoms with Gasteiger partial charge in [-0.1, -0.05) is 0 Å². The fraction of sp³-hybridized carbons (Fsp3) is 0.800. The summed E-state index contributed by atoms with van der Waals surface area (Å²) < 4.78 is 0. The van der Waals surface area contributed by atoms with Gasteiger partial charge in [0.2, 0.25) is 0 Å². The summed E-state index contributed by atoms with van der Waals surface area (Å²) in [4.78, 5) is 10.1. The van der Waals surface area contributed by atoms with Crippen LogP contribution in [-0.4, -0.2) is 34.3 Å². The highest BCUT2D eigenvalue weighted by Gasteiger charge is 2.08. The largest absolute Gasteiger partial charge is 0.480 e. The standard InChI is InChI=1S/C5H11NO2S.ClH.H3NO/c1-9-3-2-4(6)5(7)8;;1-2/h4H,2-3,6H2,1H3,(H,7,8);1H;2H,1H2. The van der Waals surface area contributed by atoms with Crippen molar-refractivity contribution in [3.05, 3.63) is 0 Å². The van der Waals surface area contributed by atoms with Crippen LogP contribution in [0.5, 0.6) is 0 Å². The van der Waals surface area contributed by atoms with E-state index in [9.17, 15) is 4.79 Å². The van der Waals surface area contributed by atoms with Gasteiger partial charge in [0, 0.05) is 0 Å². The van der Waals surface area contributed by atoms with Crippen LogP contribution in [0, 0.1) is 0 Å². The maximum atomic E-state index is 10.1. The molecule has 0 fully saturated rings. The van der Waals surface area contributed by atoms with E-state index in [0.717, 1.165) is 5.75 Å². The first-order chi connectivity index (χ1) is 5.18. The molecule has 0 aromatic heterocycles. The summed E-state index contributed by atoms with van der Waals surface area (Å²) >= 11 is 1.60. The van der Waals surface area contributed by atoms with Gasteiger partial charge in [-0.2, -0.15) is 11.8 Å². The van der Waals surface area contributed by atoms with E-state index < -0.39 is 12.0 Å². The average Bonchev–Trinajstić information content (AvgIpc) is 2.03. The molecular formula is C5H15ClN2O3S. The lowest BCUT2D eigenvalue weighted by molar-refractivity contribution is -0.138. The first-order valence-corrected chi connectivity index (χ1v) is 4.31. The van der Waals surface area contributed by atoms with Crippen molar-refractivity contribution in [3.8, 4) is 0 Å². The van der Waals surface area contributed by atoms with Crippen LogP contribution in [0.1, 0.15) is 6.42 Å². The number of nitrogens with two attached hydrogens (primary N) is 2. The van der Waals surface area contributed by atoms with Crippen LogP contribution in [0.25, 0.3) is 0 Å². The molecule has 0 radical (unpaired) electrons. The molecular weight excluding hydrogens is 204 g/mol. The smallest absolute Gasteiger partial charge is 0.320 e. The molecule has 0 spiro atoms. The number of carboxylic acid groups (broad SMARTS) is 1. The monoisotopic (exact) mass is 218 g/mol. The molecule has 1 unspecified atom stereocenters. The Morgan fingerprint density at radius 1 is 1.58 bits per heavy atom. The van der Waals surface area contributed by atoms with Crippen LogP contribution >= 0.6 is 24.2 Å². The van der Waals surface area contributed by atoms with E-state index in [1.165, 1.54) is 0 Å². The van der Waals surface area contributed by atoms with Crippen molar-refractivity contribution in [1.82, 2.24) is 0 Å². The molecule has 6 N–H and O–H groups in total. The molecule has 0 heterocycles. The van der Waals surface area contributed by atoms with Crippen LogP contribution in [0.3, 0.4) is 0 Å². The molecule has 12 heavy (non-hydrogen) atoms.